The van der Waals surface area contributed by atoms with Crippen LogP contribution in [0.5, 0.6) is 0 Å². The Kier molecular flexibility index (Phi) is 6.17. The van der Waals surface area contributed by atoms with Gasteiger partial charge in [-0.1, -0.05) is 38.1 Å². The summed E-state index contributed by atoms with van der Waals surface area (Å²) in [6, 6.07) is 9.17. The van der Waals surface area contributed by atoms with Crippen LogP contribution in [0.2, 0.25) is 0 Å². The van der Waals surface area contributed by atoms with E-state index in [-0.39, 0.29) is 0 Å². The van der Waals surface area contributed by atoms with Gasteiger partial charge in [-0.2, -0.15) is 0 Å². The Hall–Kier alpha value is -0.820. The van der Waals surface area contributed by atoms with Crippen molar-refractivity contribution in [2.75, 3.05) is 13.6 Å². The van der Waals surface area contributed by atoms with Gasteiger partial charge in [-0.05, 0) is 56.3 Å². The zero-order chi connectivity index (χ0) is 11.8. The number of rotatable bonds is 7. The Bertz CT molecular complexity index is 276. The van der Waals surface area contributed by atoms with Gasteiger partial charge in [0.2, 0.25) is 0 Å². The molecular formula is C15H25N. The molecule has 0 amide bonds. The van der Waals surface area contributed by atoms with Crippen molar-refractivity contribution in [2.45, 2.75) is 45.4 Å². The van der Waals surface area contributed by atoms with Crippen molar-refractivity contribution in [2.24, 2.45) is 0 Å². The average Bonchev–Trinajstić information content (AvgIpc) is 2.34. The molecule has 0 bridgehead atoms. The number of nitrogens with one attached hydrogen (secondary N) is 1. The van der Waals surface area contributed by atoms with Crippen molar-refractivity contribution in [3.05, 3.63) is 35.4 Å². The molecule has 1 N–H and O–H groups in total. The monoisotopic (exact) mass is 219 g/mol. The van der Waals surface area contributed by atoms with E-state index in [1.807, 2.05) is 7.05 Å². The van der Waals surface area contributed by atoms with E-state index >= 15 is 0 Å². The van der Waals surface area contributed by atoms with Crippen molar-refractivity contribution >= 4 is 0 Å². The smallest absolute Gasteiger partial charge is 0.00518 e. The van der Waals surface area contributed by atoms with E-state index in [0.717, 1.165) is 6.54 Å². The first-order chi connectivity index (χ1) is 7.77. The summed E-state index contributed by atoms with van der Waals surface area (Å²) in [5, 5.41) is 3.19. The van der Waals surface area contributed by atoms with E-state index in [4.69, 9.17) is 0 Å². The summed E-state index contributed by atoms with van der Waals surface area (Å²) < 4.78 is 0. The summed E-state index contributed by atoms with van der Waals surface area (Å²) in [7, 11) is 2.01. The van der Waals surface area contributed by atoms with E-state index in [9.17, 15) is 0 Å². The highest BCUT2D eigenvalue weighted by atomic mass is 14.8. The topological polar surface area (TPSA) is 12.0 Å². The Balaban J connectivity index is 2.39. The summed E-state index contributed by atoms with van der Waals surface area (Å²) in [5.74, 6) is 0.693. The van der Waals surface area contributed by atoms with Gasteiger partial charge in [0.1, 0.15) is 0 Å². The van der Waals surface area contributed by atoms with Crippen molar-refractivity contribution in [3.8, 4) is 0 Å². The van der Waals surface area contributed by atoms with E-state index in [1.165, 1.54) is 36.8 Å². The standard InChI is InChI=1S/C15H25N/c1-4-13(2)15-10-8-14(9-11-15)7-5-6-12-16-3/h8-11,13,16H,4-7,12H2,1-3H3. The lowest BCUT2D eigenvalue weighted by Gasteiger charge is -2.09. The second kappa shape index (κ2) is 7.45. The zero-order valence-electron chi connectivity index (χ0n) is 10.9. The molecule has 16 heavy (non-hydrogen) atoms. The van der Waals surface area contributed by atoms with Crippen LogP contribution in [0.25, 0.3) is 0 Å². The largest absolute Gasteiger partial charge is 0.320 e. The fourth-order valence-corrected chi connectivity index (χ4v) is 1.88. The van der Waals surface area contributed by atoms with Gasteiger partial charge in [0.25, 0.3) is 0 Å². The van der Waals surface area contributed by atoms with Gasteiger partial charge in [-0.25, -0.2) is 0 Å². The Labute approximate surface area is 100 Å². The predicted molar refractivity (Wildman–Crippen MR) is 72.0 cm³/mol. The van der Waals surface area contributed by atoms with Crippen LogP contribution in [0.1, 0.15) is 50.2 Å². The molecule has 0 heterocycles. The van der Waals surface area contributed by atoms with Crippen LogP contribution in [-0.2, 0) is 6.42 Å². The van der Waals surface area contributed by atoms with Gasteiger partial charge in [0.05, 0.1) is 0 Å². The lowest BCUT2D eigenvalue weighted by Crippen LogP contribution is -2.07. The van der Waals surface area contributed by atoms with Gasteiger partial charge < -0.3 is 5.32 Å². The normalized spacial score (nSPS) is 12.7. The van der Waals surface area contributed by atoms with Gasteiger partial charge in [0, 0.05) is 0 Å². The second-order valence-electron chi connectivity index (χ2n) is 4.61. The minimum absolute atomic E-state index is 0.693. The first-order valence-corrected chi connectivity index (χ1v) is 6.51. The quantitative estimate of drug-likeness (QED) is 0.689. The molecule has 90 valence electrons. The summed E-state index contributed by atoms with van der Waals surface area (Å²) >= 11 is 0. The van der Waals surface area contributed by atoms with Crippen LogP contribution in [0, 0.1) is 0 Å². The number of hydrogen-bond acceptors (Lipinski definition) is 1. The minimum Gasteiger partial charge on any atom is -0.320 e. The summed E-state index contributed by atoms with van der Waals surface area (Å²) in [4.78, 5) is 0. The Morgan fingerprint density at radius 3 is 2.38 bits per heavy atom. The number of unbranched alkanes of at least 4 members (excludes halogenated alkanes) is 1. The van der Waals surface area contributed by atoms with Crippen LogP contribution in [-0.4, -0.2) is 13.6 Å². The van der Waals surface area contributed by atoms with E-state index in [2.05, 4.69) is 43.4 Å². The van der Waals surface area contributed by atoms with Crippen LogP contribution in [0.3, 0.4) is 0 Å². The van der Waals surface area contributed by atoms with Crippen molar-refractivity contribution in [1.29, 1.82) is 0 Å². The maximum atomic E-state index is 3.19. The third-order valence-corrected chi connectivity index (χ3v) is 3.30. The molecular weight excluding hydrogens is 194 g/mol. The van der Waals surface area contributed by atoms with E-state index in [1.54, 1.807) is 0 Å². The minimum atomic E-state index is 0.693. The predicted octanol–water partition coefficient (Wildman–Crippen LogP) is 3.74. The first kappa shape index (κ1) is 13.2. The third-order valence-electron chi connectivity index (χ3n) is 3.30. The maximum Gasteiger partial charge on any atom is -0.00518 e. The molecule has 1 heteroatoms. The SMILES string of the molecule is CCC(C)c1ccc(CCCCNC)cc1. The molecule has 0 saturated heterocycles. The van der Waals surface area contributed by atoms with E-state index in [0.29, 0.717) is 5.92 Å². The maximum absolute atomic E-state index is 3.19. The first-order valence-electron chi connectivity index (χ1n) is 6.51. The van der Waals surface area contributed by atoms with Crippen LogP contribution in [0.15, 0.2) is 24.3 Å². The molecule has 1 aromatic carbocycles. The van der Waals surface area contributed by atoms with E-state index < -0.39 is 0 Å². The number of benzene rings is 1. The molecule has 1 nitrogen and oxygen atoms in total. The molecule has 0 aliphatic rings. The molecule has 0 spiro atoms. The lowest BCUT2D eigenvalue weighted by atomic mass is 9.96. The molecule has 0 fully saturated rings. The molecule has 1 rings (SSSR count). The fourth-order valence-electron chi connectivity index (χ4n) is 1.88. The lowest BCUT2D eigenvalue weighted by molar-refractivity contribution is 0.676. The fraction of sp³-hybridized carbons (Fsp3) is 0.600. The highest BCUT2D eigenvalue weighted by molar-refractivity contribution is 5.25. The van der Waals surface area contributed by atoms with Crippen LogP contribution < -0.4 is 5.32 Å². The summed E-state index contributed by atoms with van der Waals surface area (Å²) in [6.07, 6.45) is 4.98. The second-order valence-corrected chi connectivity index (χ2v) is 4.61. The molecule has 0 aliphatic heterocycles. The molecule has 0 aliphatic carbocycles. The average molecular weight is 219 g/mol. The van der Waals surface area contributed by atoms with Crippen LogP contribution in [0.4, 0.5) is 0 Å². The summed E-state index contributed by atoms with van der Waals surface area (Å²) in [6.45, 7) is 5.67. The third kappa shape index (κ3) is 4.36. The highest BCUT2D eigenvalue weighted by Crippen LogP contribution is 2.19. The van der Waals surface area contributed by atoms with Gasteiger partial charge in [0.15, 0.2) is 0 Å². The molecule has 1 unspecified atom stereocenters. The highest BCUT2D eigenvalue weighted by Gasteiger charge is 2.02. The van der Waals surface area contributed by atoms with Gasteiger partial charge in [-0.3, -0.25) is 0 Å². The van der Waals surface area contributed by atoms with Crippen molar-refractivity contribution in [3.63, 3.8) is 0 Å². The number of hydrogen-bond donors (Lipinski definition) is 1. The summed E-state index contributed by atoms with van der Waals surface area (Å²) in [5.41, 5.74) is 2.95. The van der Waals surface area contributed by atoms with Crippen molar-refractivity contribution in [1.82, 2.24) is 5.32 Å². The zero-order valence-corrected chi connectivity index (χ0v) is 10.9. The van der Waals surface area contributed by atoms with Gasteiger partial charge in [-0.15, -0.1) is 0 Å². The molecule has 1 aromatic rings. The molecule has 0 saturated carbocycles. The molecule has 0 radical (unpaired) electrons. The van der Waals surface area contributed by atoms with Crippen LogP contribution >= 0.6 is 0 Å². The number of aryl methyl sites for hydroxylation is 1. The Morgan fingerprint density at radius 2 is 1.81 bits per heavy atom. The van der Waals surface area contributed by atoms with Crippen molar-refractivity contribution < 1.29 is 0 Å². The van der Waals surface area contributed by atoms with Gasteiger partial charge >= 0.3 is 0 Å². The molecule has 1 atom stereocenters. The molecule has 0 aromatic heterocycles. The Morgan fingerprint density at radius 1 is 1.12 bits per heavy atom.